The van der Waals surface area contributed by atoms with Crippen LogP contribution in [0.4, 0.5) is 5.69 Å². The zero-order valence-corrected chi connectivity index (χ0v) is 17.5. The largest absolute Gasteiger partial charge is 0.484 e. The van der Waals surface area contributed by atoms with E-state index in [1.54, 1.807) is 24.3 Å². The lowest BCUT2D eigenvalue weighted by molar-refractivity contribution is -0.140. The molecule has 1 saturated carbocycles. The molecule has 3 rings (SSSR count). The molecular formula is C22H31N3O4. The van der Waals surface area contributed by atoms with E-state index in [4.69, 9.17) is 4.74 Å². The van der Waals surface area contributed by atoms with Gasteiger partial charge in [0.2, 0.25) is 11.8 Å². The highest BCUT2D eigenvalue weighted by atomic mass is 16.5. The highest BCUT2D eigenvalue weighted by Gasteiger charge is 2.31. The van der Waals surface area contributed by atoms with Crippen molar-refractivity contribution in [2.24, 2.45) is 11.3 Å². The summed E-state index contributed by atoms with van der Waals surface area (Å²) in [5.74, 6) is 0.684. The summed E-state index contributed by atoms with van der Waals surface area (Å²) in [5.41, 5.74) is 0.298. The van der Waals surface area contributed by atoms with Gasteiger partial charge in [0.25, 0.3) is 5.91 Å². The maximum absolute atomic E-state index is 12.3. The molecule has 1 aromatic carbocycles. The maximum atomic E-state index is 12.3. The van der Waals surface area contributed by atoms with Gasteiger partial charge in [-0.25, -0.2) is 0 Å². The Bertz CT molecular complexity index is 760. The SMILES string of the molecule is CC(C)(C)C(=O)N1CCC(NC(=O)COc2cccc(NC(=O)C3CC3)c2)CC1. The Morgan fingerprint density at radius 1 is 1.10 bits per heavy atom. The van der Waals surface area contributed by atoms with Crippen LogP contribution in [0, 0.1) is 11.3 Å². The van der Waals surface area contributed by atoms with Crippen LogP contribution in [0.3, 0.4) is 0 Å². The summed E-state index contributed by atoms with van der Waals surface area (Å²) in [5, 5.41) is 5.86. The van der Waals surface area contributed by atoms with Crippen LogP contribution in [0.25, 0.3) is 0 Å². The zero-order chi connectivity index (χ0) is 21.0. The standard InChI is InChI=1S/C22H31N3O4/c1-22(2,3)21(28)25-11-9-16(10-12-25)23-19(26)14-29-18-6-4-5-17(13-18)24-20(27)15-7-8-15/h4-6,13,15-16H,7-12,14H2,1-3H3,(H,23,26)(H,24,27). The summed E-state index contributed by atoms with van der Waals surface area (Å²) >= 11 is 0. The van der Waals surface area contributed by atoms with Gasteiger partial charge in [-0.3, -0.25) is 14.4 Å². The number of nitrogens with zero attached hydrogens (tertiary/aromatic N) is 1. The molecule has 7 nitrogen and oxygen atoms in total. The van der Waals surface area contributed by atoms with Crippen LogP contribution >= 0.6 is 0 Å². The minimum absolute atomic E-state index is 0.0381. The molecule has 0 unspecified atom stereocenters. The molecule has 0 aromatic heterocycles. The molecular weight excluding hydrogens is 370 g/mol. The van der Waals surface area contributed by atoms with Gasteiger partial charge in [0, 0.05) is 42.2 Å². The summed E-state index contributed by atoms with van der Waals surface area (Å²) < 4.78 is 5.58. The quantitative estimate of drug-likeness (QED) is 0.767. The highest BCUT2D eigenvalue weighted by Crippen LogP contribution is 2.30. The van der Waals surface area contributed by atoms with Crippen LogP contribution in [0.15, 0.2) is 24.3 Å². The molecule has 2 aliphatic rings. The van der Waals surface area contributed by atoms with Crippen LogP contribution in [0.2, 0.25) is 0 Å². The minimum atomic E-state index is -0.378. The van der Waals surface area contributed by atoms with E-state index in [2.05, 4.69) is 10.6 Å². The molecule has 1 saturated heterocycles. The van der Waals surface area contributed by atoms with Crippen LogP contribution in [-0.4, -0.2) is 48.4 Å². The first-order valence-corrected chi connectivity index (χ1v) is 10.3. The molecule has 158 valence electrons. The van der Waals surface area contributed by atoms with E-state index in [1.165, 1.54) is 0 Å². The van der Waals surface area contributed by atoms with Crippen LogP contribution in [0.5, 0.6) is 5.75 Å². The van der Waals surface area contributed by atoms with Crippen LogP contribution in [-0.2, 0) is 14.4 Å². The van der Waals surface area contributed by atoms with E-state index in [1.807, 2.05) is 25.7 Å². The Morgan fingerprint density at radius 2 is 1.79 bits per heavy atom. The molecule has 7 heteroatoms. The molecule has 2 fully saturated rings. The molecule has 29 heavy (non-hydrogen) atoms. The first kappa shape index (κ1) is 21.1. The van der Waals surface area contributed by atoms with Crippen molar-refractivity contribution < 1.29 is 19.1 Å². The van der Waals surface area contributed by atoms with E-state index in [0.717, 1.165) is 25.7 Å². The molecule has 1 aromatic rings. The Balaban J connectivity index is 1.40. The predicted octanol–water partition coefficient (Wildman–Crippen LogP) is 2.57. The number of hydrogen-bond acceptors (Lipinski definition) is 4. The molecule has 0 spiro atoms. The van der Waals surface area contributed by atoms with Crippen molar-refractivity contribution >= 4 is 23.4 Å². The van der Waals surface area contributed by atoms with Crippen molar-refractivity contribution in [2.45, 2.75) is 52.5 Å². The second kappa shape index (κ2) is 8.84. The number of piperidine rings is 1. The average molecular weight is 402 g/mol. The Kier molecular flexibility index (Phi) is 6.45. The molecule has 2 N–H and O–H groups in total. The normalized spacial score (nSPS) is 17.6. The smallest absolute Gasteiger partial charge is 0.258 e. The van der Waals surface area contributed by atoms with Gasteiger partial charge in [-0.15, -0.1) is 0 Å². The number of benzene rings is 1. The fourth-order valence-electron chi connectivity index (χ4n) is 3.37. The van der Waals surface area contributed by atoms with Crippen molar-refractivity contribution in [3.8, 4) is 5.75 Å². The lowest BCUT2D eigenvalue weighted by Crippen LogP contribution is -2.49. The molecule has 0 bridgehead atoms. The van der Waals surface area contributed by atoms with Crippen molar-refractivity contribution in [2.75, 3.05) is 25.0 Å². The van der Waals surface area contributed by atoms with Crippen molar-refractivity contribution in [1.29, 1.82) is 0 Å². The molecule has 0 atom stereocenters. The van der Waals surface area contributed by atoms with Gasteiger partial charge in [-0.1, -0.05) is 26.8 Å². The first-order chi connectivity index (χ1) is 13.7. The van der Waals surface area contributed by atoms with Crippen molar-refractivity contribution in [1.82, 2.24) is 10.2 Å². The molecule has 1 heterocycles. The van der Waals surface area contributed by atoms with E-state index < -0.39 is 0 Å². The van der Waals surface area contributed by atoms with Gasteiger partial charge >= 0.3 is 0 Å². The number of carbonyl (C=O) groups excluding carboxylic acids is 3. The summed E-state index contributed by atoms with van der Waals surface area (Å²) in [4.78, 5) is 38.3. The van der Waals surface area contributed by atoms with Gasteiger partial charge in [0.05, 0.1) is 0 Å². The van der Waals surface area contributed by atoms with Crippen LogP contribution < -0.4 is 15.4 Å². The maximum Gasteiger partial charge on any atom is 0.258 e. The monoisotopic (exact) mass is 401 g/mol. The number of hydrogen-bond donors (Lipinski definition) is 2. The van der Waals surface area contributed by atoms with Gasteiger partial charge in [0.1, 0.15) is 5.75 Å². The van der Waals surface area contributed by atoms with E-state index in [-0.39, 0.29) is 41.7 Å². The highest BCUT2D eigenvalue weighted by molar-refractivity contribution is 5.94. The number of carbonyl (C=O) groups is 3. The number of likely N-dealkylation sites (tertiary alicyclic amines) is 1. The van der Waals surface area contributed by atoms with Gasteiger partial charge in [-0.05, 0) is 37.8 Å². The third-order valence-corrected chi connectivity index (χ3v) is 5.21. The van der Waals surface area contributed by atoms with E-state index in [9.17, 15) is 14.4 Å². The summed E-state index contributed by atoms with van der Waals surface area (Å²) in [6.45, 7) is 7.00. The number of ether oxygens (including phenoxy) is 1. The Hall–Kier alpha value is -2.57. The summed E-state index contributed by atoms with van der Waals surface area (Å²) in [6, 6.07) is 7.14. The Morgan fingerprint density at radius 3 is 2.41 bits per heavy atom. The number of amides is 3. The van der Waals surface area contributed by atoms with Gasteiger partial charge in [-0.2, -0.15) is 0 Å². The second-order valence-electron chi connectivity index (χ2n) is 8.96. The first-order valence-electron chi connectivity index (χ1n) is 10.3. The van der Waals surface area contributed by atoms with Crippen LogP contribution in [0.1, 0.15) is 46.5 Å². The molecule has 0 radical (unpaired) electrons. The second-order valence-corrected chi connectivity index (χ2v) is 8.96. The van der Waals surface area contributed by atoms with E-state index >= 15 is 0 Å². The van der Waals surface area contributed by atoms with E-state index in [0.29, 0.717) is 24.5 Å². The lowest BCUT2D eigenvalue weighted by atomic mass is 9.93. The minimum Gasteiger partial charge on any atom is -0.484 e. The summed E-state index contributed by atoms with van der Waals surface area (Å²) in [7, 11) is 0. The Labute approximate surface area is 172 Å². The zero-order valence-electron chi connectivity index (χ0n) is 17.5. The average Bonchev–Trinajstić information content (AvgIpc) is 3.51. The lowest BCUT2D eigenvalue weighted by Gasteiger charge is -2.36. The topological polar surface area (TPSA) is 87.7 Å². The number of nitrogens with one attached hydrogen (secondary N) is 2. The molecule has 1 aliphatic heterocycles. The van der Waals surface area contributed by atoms with Crippen molar-refractivity contribution in [3.05, 3.63) is 24.3 Å². The third kappa shape index (κ3) is 6.21. The predicted molar refractivity (Wildman–Crippen MR) is 110 cm³/mol. The van der Waals surface area contributed by atoms with Crippen molar-refractivity contribution in [3.63, 3.8) is 0 Å². The molecule has 1 aliphatic carbocycles. The summed E-state index contributed by atoms with van der Waals surface area (Å²) in [6.07, 6.45) is 3.39. The fraction of sp³-hybridized carbons (Fsp3) is 0.591. The third-order valence-electron chi connectivity index (χ3n) is 5.21. The van der Waals surface area contributed by atoms with Gasteiger partial charge < -0.3 is 20.3 Å². The number of anilines is 1. The van der Waals surface area contributed by atoms with Gasteiger partial charge in [0.15, 0.2) is 6.61 Å². The fourth-order valence-corrected chi connectivity index (χ4v) is 3.37. The number of rotatable bonds is 6. The molecule has 3 amide bonds.